The number of carbonyl (C=O) groups excluding carboxylic acids is 1. The van der Waals surface area contributed by atoms with E-state index >= 15 is 0 Å². The number of rotatable bonds is 2. The number of aliphatic imine (C=N–C) groups is 1. The van der Waals surface area contributed by atoms with Crippen LogP contribution in [0, 0.1) is 0 Å². The molecule has 0 saturated heterocycles. The average molecular weight is 330 g/mol. The molecule has 0 atom stereocenters. The highest BCUT2D eigenvalue weighted by Crippen LogP contribution is 2.37. The number of hydrogen-bond acceptors (Lipinski definition) is 5. The third-order valence-corrected chi connectivity index (χ3v) is 4.84. The van der Waals surface area contributed by atoms with Gasteiger partial charge in [-0.25, -0.2) is 9.79 Å². The third kappa shape index (κ3) is 2.15. The molecular weight excluding hydrogens is 322 g/mol. The Balaban J connectivity index is 1.79. The number of cyclic esters (lactones) is 1. The summed E-state index contributed by atoms with van der Waals surface area (Å²) >= 11 is 7.82. The van der Waals surface area contributed by atoms with Crippen molar-refractivity contribution < 1.29 is 13.9 Å². The Kier molecular flexibility index (Phi) is 3.10. The van der Waals surface area contributed by atoms with Gasteiger partial charge in [-0.1, -0.05) is 29.8 Å². The zero-order valence-corrected chi connectivity index (χ0v) is 12.6. The number of thiophene rings is 1. The first-order valence-electron chi connectivity index (χ1n) is 6.46. The number of nitrogens with zero attached hydrogens (tertiary/aromatic N) is 1. The maximum atomic E-state index is 11.9. The maximum absolute atomic E-state index is 11.9. The van der Waals surface area contributed by atoms with E-state index in [9.17, 15) is 4.79 Å². The van der Waals surface area contributed by atoms with Crippen LogP contribution in [0.4, 0.5) is 0 Å². The van der Waals surface area contributed by atoms with Crippen LogP contribution in [0.5, 0.6) is 0 Å². The minimum absolute atomic E-state index is 0.193. The van der Waals surface area contributed by atoms with Gasteiger partial charge in [0.15, 0.2) is 5.70 Å². The van der Waals surface area contributed by atoms with E-state index < -0.39 is 5.97 Å². The Labute approximate surface area is 134 Å². The summed E-state index contributed by atoms with van der Waals surface area (Å²) in [4.78, 5) is 16.8. The molecule has 0 N–H and O–H groups in total. The van der Waals surface area contributed by atoms with Crippen LogP contribution in [-0.4, -0.2) is 11.9 Å². The summed E-state index contributed by atoms with van der Waals surface area (Å²) in [5.41, 5.74) is 0.193. The molecule has 0 amide bonds. The number of carbonyl (C=O) groups is 1. The van der Waals surface area contributed by atoms with E-state index in [2.05, 4.69) is 4.99 Å². The first kappa shape index (κ1) is 13.3. The van der Waals surface area contributed by atoms with E-state index in [-0.39, 0.29) is 11.6 Å². The predicted molar refractivity (Wildman–Crippen MR) is 86.1 cm³/mol. The van der Waals surface area contributed by atoms with Gasteiger partial charge >= 0.3 is 5.97 Å². The van der Waals surface area contributed by atoms with Crippen molar-refractivity contribution in [2.45, 2.75) is 0 Å². The van der Waals surface area contributed by atoms with E-state index in [1.165, 1.54) is 23.7 Å². The molecule has 0 unspecified atom stereocenters. The molecule has 0 aliphatic carbocycles. The highest BCUT2D eigenvalue weighted by Gasteiger charge is 2.28. The van der Waals surface area contributed by atoms with Crippen molar-refractivity contribution in [3.05, 3.63) is 64.0 Å². The molecule has 0 saturated carbocycles. The number of fused-ring (bicyclic) bond motifs is 1. The maximum Gasteiger partial charge on any atom is 0.363 e. The largest absolute Gasteiger partial charge is 0.465 e. The summed E-state index contributed by atoms with van der Waals surface area (Å²) in [5.74, 6) is 0.258. The smallest absolute Gasteiger partial charge is 0.363 e. The molecule has 6 heteroatoms. The molecule has 1 aliphatic heterocycles. The summed E-state index contributed by atoms with van der Waals surface area (Å²) in [6, 6.07) is 11.2. The lowest BCUT2D eigenvalue weighted by atomic mass is 10.2. The van der Waals surface area contributed by atoms with Crippen molar-refractivity contribution in [2.75, 3.05) is 0 Å². The summed E-state index contributed by atoms with van der Waals surface area (Å²) in [6.07, 6.45) is 3.07. The standard InChI is InChI=1S/C16H8ClNO3S/c17-13-10-5-1-2-6-12(10)22-14(13)15-18-11(16(19)21-15)8-9-4-3-7-20-9/h1-8H/b11-8+. The summed E-state index contributed by atoms with van der Waals surface area (Å²) in [5, 5.41) is 1.47. The molecule has 0 spiro atoms. The Morgan fingerprint density at radius 2 is 2.05 bits per heavy atom. The molecule has 108 valence electrons. The Bertz CT molecular complexity index is 938. The fourth-order valence-corrected chi connectivity index (χ4v) is 3.60. The average Bonchev–Trinajstić information content (AvgIpc) is 3.22. The van der Waals surface area contributed by atoms with Gasteiger partial charge in [-0.05, 0) is 18.2 Å². The Hall–Kier alpha value is -2.37. The molecular formula is C16H8ClNO3S. The van der Waals surface area contributed by atoms with E-state index in [4.69, 9.17) is 20.8 Å². The number of hydrogen-bond donors (Lipinski definition) is 0. The van der Waals surface area contributed by atoms with E-state index in [1.54, 1.807) is 12.1 Å². The molecule has 1 aromatic carbocycles. The minimum atomic E-state index is -0.514. The molecule has 1 aliphatic rings. The second kappa shape index (κ2) is 5.12. The Morgan fingerprint density at radius 1 is 1.18 bits per heavy atom. The van der Waals surface area contributed by atoms with Gasteiger partial charge in [0.05, 0.1) is 11.3 Å². The molecule has 0 radical (unpaired) electrons. The van der Waals surface area contributed by atoms with Gasteiger partial charge in [-0.3, -0.25) is 0 Å². The van der Waals surface area contributed by atoms with Gasteiger partial charge in [-0.15, -0.1) is 11.3 Å². The second-order valence-corrected chi connectivity index (χ2v) is 6.02. The van der Waals surface area contributed by atoms with Crippen molar-refractivity contribution in [3.8, 4) is 0 Å². The van der Waals surface area contributed by atoms with Gasteiger partial charge in [0, 0.05) is 16.2 Å². The van der Waals surface area contributed by atoms with Crippen LogP contribution < -0.4 is 0 Å². The zero-order valence-electron chi connectivity index (χ0n) is 11.1. The lowest BCUT2D eigenvalue weighted by Gasteiger charge is -1.95. The normalized spacial score (nSPS) is 16.3. The van der Waals surface area contributed by atoms with Crippen LogP contribution in [0.15, 0.2) is 57.8 Å². The zero-order chi connectivity index (χ0) is 15.1. The quantitative estimate of drug-likeness (QED) is 0.514. The number of esters is 1. The van der Waals surface area contributed by atoms with Crippen molar-refractivity contribution in [1.82, 2.24) is 0 Å². The van der Waals surface area contributed by atoms with Crippen LogP contribution >= 0.6 is 22.9 Å². The number of ether oxygens (including phenoxy) is 1. The van der Waals surface area contributed by atoms with Crippen LogP contribution in [-0.2, 0) is 9.53 Å². The summed E-state index contributed by atoms with van der Waals surface area (Å²) in [6.45, 7) is 0. The lowest BCUT2D eigenvalue weighted by Crippen LogP contribution is -2.04. The Morgan fingerprint density at radius 3 is 2.82 bits per heavy atom. The monoisotopic (exact) mass is 329 g/mol. The van der Waals surface area contributed by atoms with Crippen molar-refractivity contribution in [3.63, 3.8) is 0 Å². The van der Waals surface area contributed by atoms with E-state index in [0.717, 1.165) is 10.1 Å². The van der Waals surface area contributed by atoms with Crippen LogP contribution in [0.1, 0.15) is 10.6 Å². The number of halogens is 1. The molecule has 3 aromatic rings. The van der Waals surface area contributed by atoms with E-state index in [0.29, 0.717) is 15.7 Å². The highest BCUT2D eigenvalue weighted by atomic mass is 35.5. The van der Waals surface area contributed by atoms with Crippen molar-refractivity contribution in [2.24, 2.45) is 4.99 Å². The van der Waals surface area contributed by atoms with Crippen LogP contribution in [0.25, 0.3) is 16.2 Å². The highest BCUT2D eigenvalue weighted by molar-refractivity contribution is 7.21. The molecule has 0 bridgehead atoms. The SMILES string of the molecule is O=C1OC(c2sc3ccccc3c2Cl)=N/C1=C/c1ccco1. The minimum Gasteiger partial charge on any atom is -0.465 e. The van der Waals surface area contributed by atoms with Crippen molar-refractivity contribution in [1.29, 1.82) is 0 Å². The van der Waals surface area contributed by atoms with Crippen LogP contribution in [0.2, 0.25) is 5.02 Å². The third-order valence-electron chi connectivity index (χ3n) is 3.17. The van der Waals surface area contributed by atoms with Crippen molar-refractivity contribution >= 4 is 51.0 Å². The predicted octanol–water partition coefficient (Wildman–Crippen LogP) is 4.49. The molecule has 2 aromatic heterocycles. The molecule has 4 nitrogen and oxygen atoms in total. The fraction of sp³-hybridized carbons (Fsp3) is 0. The van der Waals surface area contributed by atoms with Gasteiger partial charge in [0.1, 0.15) is 10.6 Å². The summed E-state index contributed by atoms with van der Waals surface area (Å²) in [7, 11) is 0. The fourth-order valence-electron chi connectivity index (χ4n) is 2.17. The topological polar surface area (TPSA) is 51.8 Å². The second-order valence-electron chi connectivity index (χ2n) is 4.59. The first-order valence-corrected chi connectivity index (χ1v) is 7.65. The molecule has 0 fully saturated rings. The van der Waals surface area contributed by atoms with E-state index in [1.807, 2.05) is 24.3 Å². The molecule has 3 heterocycles. The van der Waals surface area contributed by atoms with Gasteiger partial charge in [0.2, 0.25) is 5.90 Å². The van der Waals surface area contributed by atoms with Gasteiger partial charge in [-0.2, -0.15) is 0 Å². The molecule has 22 heavy (non-hydrogen) atoms. The first-order chi connectivity index (χ1) is 10.7. The number of furan rings is 1. The summed E-state index contributed by atoms with van der Waals surface area (Å²) < 4.78 is 11.4. The van der Waals surface area contributed by atoms with Gasteiger partial charge in [0.25, 0.3) is 0 Å². The lowest BCUT2D eigenvalue weighted by molar-refractivity contribution is -0.129. The van der Waals surface area contributed by atoms with Gasteiger partial charge < -0.3 is 9.15 Å². The molecule has 4 rings (SSSR count). The van der Waals surface area contributed by atoms with Crippen LogP contribution in [0.3, 0.4) is 0 Å². The number of benzene rings is 1.